The van der Waals surface area contributed by atoms with Gasteiger partial charge in [0, 0.05) is 6.04 Å². The van der Waals surface area contributed by atoms with Crippen molar-refractivity contribution in [3.05, 3.63) is 0 Å². The Morgan fingerprint density at radius 3 is 2.19 bits per heavy atom. The SMILES string of the molecule is CC1CCCC(N)(C(=O)NC2CC(C)(C)CC(C)(C)C2)C1. The summed E-state index contributed by atoms with van der Waals surface area (Å²) in [6.45, 7) is 11.5. The van der Waals surface area contributed by atoms with E-state index in [-0.39, 0.29) is 11.9 Å². The summed E-state index contributed by atoms with van der Waals surface area (Å²) >= 11 is 0. The number of rotatable bonds is 2. The first kappa shape index (κ1) is 16.8. The number of hydrogen-bond donors (Lipinski definition) is 2. The number of carbonyl (C=O) groups excluding carboxylic acids is 1. The van der Waals surface area contributed by atoms with Crippen LogP contribution in [-0.4, -0.2) is 17.5 Å². The van der Waals surface area contributed by atoms with Crippen molar-refractivity contribution in [2.24, 2.45) is 22.5 Å². The maximum Gasteiger partial charge on any atom is 0.240 e. The van der Waals surface area contributed by atoms with Gasteiger partial charge in [-0.3, -0.25) is 4.79 Å². The van der Waals surface area contributed by atoms with Gasteiger partial charge in [-0.05, 0) is 48.9 Å². The average molecular weight is 294 g/mol. The van der Waals surface area contributed by atoms with E-state index in [0.29, 0.717) is 16.7 Å². The van der Waals surface area contributed by atoms with Gasteiger partial charge in [-0.2, -0.15) is 0 Å². The Bertz CT molecular complexity index is 386. The van der Waals surface area contributed by atoms with Crippen molar-refractivity contribution in [2.45, 2.75) is 91.1 Å². The first-order valence-corrected chi connectivity index (χ1v) is 8.61. The van der Waals surface area contributed by atoms with E-state index >= 15 is 0 Å². The van der Waals surface area contributed by atoms with Crippen molar-refractivity contribution in [1.29, 1.82) is 0 Å². The lowest BCUT2D eigenvalue weighted by atomic mass is 9.63. The summed E-state index contributed by atoms with van der Waals surface area (Å²) in [5.41, 5.74) is 6.38. The van der Waals surface area contributed by atoms with Crippen molar-refractivity contribution in [3.63, 3.8) is 0 Å². The van der Waals surface area contributed by atoms with E-state index in [1.54, 1.807) is 0 Å². The second-order valence-corrected chi connectivity index (χ2v) is 9.44. The molecule has 0 aromatic rings. The van der Waals surface area contributed by atoms with E-state index in [2.05, 4.69) is 39.9 Å². The van der Waals surface area contributed by atoms with Crippen LogP contribution in [0.25, 0.3) is 0 Å². The molecular formula is C18H34N2O. The fraction of sp³-hybridized carbons (Fsp3) is 0.944. The maximum atomic E-state index is 12.7. The molecule has 0 aromatic carbocycles. The van der Waals surface area contributed by atoms with Gasteiger partial charge in [-0.15, -0.1) is 0 Å². The monoisotopic (exact) mass is 294 g/mol. The molecule has 2 atom stereocenters. The molecule has 0 spiro atoms. The summed E-state index contributed by atoms with van der Waals surface area (Å²) in [7, 11) is 0. The summed E-state index contributed by atoms with van der Waals surface area (Å²) in [5.74, 6) is 0.654. The highest BCUT2D eigenvalue weighted by Gasteiger charge is 2.42. The van der Waals surface area contributed by atoms with E-state index in [0.717, 1.165) is 32.1 Å². The van der Waals surface area contributed by atoms with E-state index in [1.807, 2.05) is 0 Å². The lowest BCUT2D eigenvalue weighted by Crippen LogP contribution is -2.59. The fourth-order valence-corrected chi connectivity index (χ4v) is 5.08. The topological polar surface area (TPSA) is 55.1 Å². The quantitative estimate of drug-likeness (QED) is 0.817. The van der Waals surface area contributed by atoms with Crippen LogP contribution in [0.15, 0.2) is 0 Å². The van der Waals surface area contributed by atoms with Gasteiger partial charge in [-0.1, -0.05) is 47.5 Å². The van der Waals surface area contributed by atoms with Gasteiger partial charge in [0.25, 0.3) is 0 Å². The summed E-state index contributed by atoms with van der Waals surface area (Å²) in [6, 6.07) is 0.272. The molecular weight excluding hydrogens is 260 g/mol. The van der Waals surface area contributed by atoms with Crippen molar-refractivity contribution in [2.75, 3.05) is 0 Å². The maximum absolute atomic E-state index is 12.7. The van der Waals surface area contributed by atoms with E-state index in [1.165, 1.54) is 12.8 Å². The zero-order valence-electron chi connectivity index (χ0n) is 14.6. The average Bonchev–Trinajstić information content (AvgIpc) is 2.23. The molecule has 3 heteroatoms. The Morgan fingerprint density at radius 1 is 1.10 bits per heavy atom. The second-order valence-electron chi connectivity index (χ2n) is 9.44. The van der Waals surface area contributed by atoms with Gasteiger partial charge in [-0.25, -0.2) is 0 Å². The standard InChI is InChI=1S/C18H34N2O/c1-13-7-6-8-18(19,9-13)15(21)20-14-10-16(2,3)12-17(4,5)11-14/h13-14H,6-12,19H2,1-5H3,(H,20,21). The van der Waals surface area contributed by atoms with Crippen LogP contribution in [0.5, 0.6) is 0 Å². The van der Waals surface area contributed by atoms with Crippen LogP contribution >= 0.6 is 0 Å². The molecule has 21 heavy (non-hydrogen) atoms. The van der Waals surface area contributed by atoms with Crippen LogP contribution in [0.3, 0.4) is 0 Å². The molecule has 1 amide bonds. The van der Waals surface area contributed by atoms with Crippen molar-refractivity contribution in [1.82, 2.24) is 5.32 Å². The van der Waals surface area contributed by atoms with Gasteiger partial charge in [0.15, 0.2) is 0 Å². The van der Waals surface area contributed by atoms with Crippen LogP contribution < -0.4 is 11.1 Å². The van der Waals surface area contributed by atoms with Crippen LogP contribution in [-0.2, 0) is 4.79 Å². The Kier molecular flexibility index (Phi) is 4.45. The number of carbonyl (C=O) groups is 1. The summed E-state index contributed by atoms with van der Waals surface area (Å²) < 4.78 is 0. The number of hydrogen-bond acceptors (Lipinski definition) is 2. The molecule has 3 N–H and O–H groups in total. The van der Waals surface area contributed by atoms with E-state index in [9.17, 15) is 4.79 Å². The van der Waals surface area contributed by atoms with Crippen LogP contribution in [0.2, 0.25) is 0 Å². The Labute approximate surface area is 130 Å². The molecule has 0 saturated heterocycles. The fourth-order valence-electron chi connectivity index (χ4n) is 5.08. The largest absolute Gasteiger partial charge is 0.352 e. The third-order valence-electron chi connectivity index (χ3n) is 5.38. The first-order valence-electron chi connectivity index (χ1n) is 8.61. The molecule has 2 aliphatic rings. The van der Waals surface area contributed by atoms with Crippen molar-refractivity contribution >= 4 is 5.91 Å². The van der Waals surface area contributed by atoms with Crippen LogP contribution in [0.1, 0.15) is 79.6 Å². The van der Waals surface area contributed by atoms with E-state index in [4.69, 9.17) is 5.73 Å². The van der Waals surface area contributed by atoms with Crippen molar-refractivity contribution < 1.29 is 4.79 Å². The lowest BCUT2D eigenvalue weighted by Gasteiger charge is -2.46. The molecule has 0 aliphatic heterocycles. The highest BCUT2D eigenvalue weighted by Crippen LogP contribution is 2.45. The Morgan fingerprint density at radius 2 is 1.67 bits per heavy atom. The minimum absolute atomic E-state index is 0.0903. The zero-order valence-corrected chi connectivity index (χ0v) is 14.6. The Hall–Kier alpha value is -0.570. The third-order valence-corrected chi connectivity index (χ3v) is 5.38. The van der Waals surface area contributed by atoms with Gasteiger partial charge in [0.1, 0.15) is 0 Å². The van der Waals surface area contributed by atoms with Gasteiger partial charge in [0.05, 0.1) is 5.54 Å². The molecule has 3 nitrogen and oxygen atoms in total. The molecule has 0 bridgehead atoms. The second kappa shape index (κ2) is 5.57. The minimum Gasteiger partial charge on any atom is -0.352 e. The van der Waals surface area contributed by atoms with Gasteiger partial charge >= 0.3 is 0 Å². The van der Waals surface area contributed by atoms with Crippen LogP contribution in [0, 0.1) is 16.7 Å². The smallest absolute Gasteiger partial charge is 0.240 e. The molecule has 122 valence electrons. The predicted octanol–water partition coefficient (Wildman–Crippen LogP) is 3.62. The number of amides is 1. The summed E-state index contributed by atoms with van der Waals surface area (Å²) in [4.78, 5) is 12.7. The number of nitrogens with two attached hydrogens (primary N) is 1. The molecule has 0 aromatic heterocycles. The van der Waals surface area contributed by atoms with Crippen molar-refractivity contribution in [3.8, 4) is 0 Å². The molecule has 2 unspecified atom stereocenters. The Balaban J connectivity index is 2.02. The molecule has 2 aliphatic carbocycles. The van der Waals surface area contributed by atoms with Gasteiger partial charge in [0.2, 0.25) is 5.91 Å². The normalized spacial score (nSPS) is 36.2. The molecule has 2 rings (SSSR count). The van der Waals surface area contributed by atoms with Gasteiger partial charge < -0.3 is 11.1 Å². The first-order chi connectivity index (χ1) is 9.51. The highest BCUT2D eigenvalue weighted by atomic mass is 16.2. The zero-order chi connectivity index (χ0) is 15.9. The minimum atomic E-state index is -0.636. The molecule has 0 heterocycles. The third kappa shape index (κ3) is 4.21. The van der Waals surface area contributed by atoms with Crippen LogP contribution in [0.4, 0.5) is 0 Å². The number of nitrogens with one attached hydrogen (secondary N) is 1. The lowest BCUT2D eigenvalue weighted by molar-refractivity contribution is -0.129. The van der Waals surface area contributed by atoms with E-state index < -0.39 is 5.54 Å². The summed E-state index contributed by atoms with van der Waals surface area (Å²) in [5, 5.41) is 3.30. The molecule has 2 saturated carbocycles. The summed E-state index contributed by atoms with van der Waals surface area (Å²) in [6.07, 6.45) is 7.29. The predicted molar refractivity (Wildman–Crippen MR) is 87.9 cm³/mol. The highest BCUT2D eigenvalue weighted by molar-refractivity contribution is 5.86. The molecule has 0 radical (unpaired) electrons. The molecule has 2 fully saturated rings.